The molecule has 0 atom stereocenters. The van der Waals surface area contributed by atoms with Crippen LogP contribution in [0.2, 0.25) is 0 Å². The summed E-state index contributed by atoms with van der Waals surface area (Å²) < 4.78 is 0. The lowest BCUT2D eigenvalue weighted by atomic mass is 10.2. The first-order valence-corrected chi connectivity index (χ1v) is 7.34. The number of anilines is 1. The molecule has 0 N–H and O–H groups in total. The van der Waals surface area contributed by atoms with E-state index in [0.29, 0.717) is 6.42 Å². The van der Waals surface area contributed by atoms with E-state index in [0.717, 1.165) is 22.9 Å². The smallest absolute Gasteiger partial charge is 0.232 e. The van der Waals surface area contributed by atoms with Crippen molar-refractivity contribution in [1.82, 2.24) is 9.88 Å². The Labute approximate surface area is 123 Å². The molecular weight excluding hydrogens is 270 g/mol. The van der Waals surface area contributed by atoms with Gasteiger partial charge >= 0.3 is 0 Å². The standard InChI is InChI=1S/C15H19N3OS/c1-17(2)10-14-16-12(11-20-14)9-15(19)18(3)13-7-5-4-6-8-13/h4-8,11H,9-10H2,1-3H3. The molecule has 0 aliphatic rings. The van der Waals surface area contributed by atoms with Gasteiger partial charge in [0.2, 0.25) is 5.91 Å². The van der Waals surface area contributed by atoms with Gasteiger partial charge in [-0.25, -0.2) is 4.98 Å². The van der Waals surface area contributed by atoms with Crippen LogP contribution in [-0.4, -0.2) is 36.9 Å². The van der Waals surface area contributed by atoms with Gasteiger partial charge in [-0.1, -0.05) is 18.2 Å². The number of benzene rings is 1. The van der Waals surface area contributed by atoms with Gasteiger partial charge in [0, 0.05) is 24.7 Å². The average molecular weight is 289 g/mol. The first kappa shape index (κ1) is 14.7. The summed E-state index contributed by atoms with van der Waals surface area (Å²) in [7, 11) is 5.82. The minimum atomic E-state index is 0.0536. The Balaban J connectivity index is 1.99. The van der Waals surface area contributed by atoms with E-state index in [9.17, 15) is 4.79 Å². The van der Waals surface area contributed by atoms with Crippen molar-refractivity contribution >= 4 is 22.9 Å². The minimum absolute atomic E-state index is 0.0536. The van der Waals surface area contributed by atoms with Gasteiger partial charge in [0.05, 0.1) is 12.1 Å². The van der Waals surface area contributed by atoms with Crippen molar-refractivity contribution in [3.05, 3.63) is 46.4 Å². The van der Waals surface area contributed by atoms with Crippen LogP contribution in [0.25, 0.3) is 0 Å². The molecule has 0 spiro atoms. The minimum Gasteiger partial charge on any atom is -0.315 e. The zero-order valence-electron chi connectivity index (χ0n) is 12.0. The maximum absolute atomic E-state index is 12.2. The van der Waals surface area contributed by atoms with Crippen LogP contribution in [-0.2, 0) is 17.8 Å². The van der Waals surface area contributed by atoms with Crippen molar-refractivity contribution < 1.29 is 4.79 Å². The van der Waals surface area contributed by atoms with Crippen LogP contribution in [0.3, 0.4) is 0 Å². The van der Waals surface area contributed by atoms with Crippen molar-refractivity contribution in [2.75, 3.05) is 26.0 Å². The molecule has 0 radical (unpaired) electrons. The molecule has 0 unspecified atom stereocenters. The fraction of sp³-hybridized carbons (Fsp3) is 0.333. The molecule has 20 heavy (non-hydrogen) atoms. The molecule has 1 heterocycles. The van der Waals surface area contributed by atoms with Crippen molar-refractivity contribution in [2.24, 2.45) is 0 Å². The summed E-state index contributed by atoms with van der Waals surface area (Å²) in [5.74, 6) is 0.0536. The summed E-state index contributed by atoms with van der Waals surface area (Å²) in [6.07, 6.45) is 0.343. The van der Waals surface area contributed by atoms with Gasteiger partial charge in [-0.2, -0.15) is 0 Å². The van der Waals surface area contributed by atoms with Crippen LogP contribution in [0, 0.1) is 0 Å². The lowest BCUT2D eigenvalue weighted by Crippen LogP contribution is -2.27. The van der Waals surface area contributed by atoms with Gasteiger partial charge in [-0.05, 0) is 26.2 Å². The quantitative estimate of drug-likeness (QED) is 0.848. The van der Waals surface area contributed by atoms with Crippen molar-refractivity contribution in [2.45, 2.75) is 13.0 Å². The van der Waals surface area contributed by atoms with Crippen molar-refractivity contribution in [3.63, 3.8) is 0 Å². The van der Waals surface area contributed by atoms with E-state index in [4.69, 9.17) is 0 Å². The Hall–Kier alpha value is -1.72. The molecule has 0 bridgehead atoms. The molecule has 1 amide bonds. The Morgan fingerprint density at radius 3 is 2.55 bits per heavy atom. The van der Waals surface area contributed by atoms with Crippen LogP contribution in [0.1, 0.15) is 10.7 Å². The molecule has 0 aliphatic carbocycles. The molecule has 1 aromatic carbocycles. The molecule has 1 aromatic heterocycles. The Morgan fingerprint density at radius 2 is 1.90 bits per heavy atom. The molecule has 0 fully saturated rings. The number of aromatic nitrogens is 1. The third-order valence-corrected chi connectivity index (χ3v) is 3.78. The summed E-state index contributed by atoms with van der Waals surface area (Å²) in [5, 5.41) is 3.01. The first-order valence-electron chi connectivity index (χ1n) is 6.46. The fourth-order valence-electron chi connectivity index (χ4n) is 1.84. The van der Waals surface area contributed by atoms with E-state index in [1.807, 2.05) is 49.8 Å². The second kappa shape index (κ2) is 6.63. The van der Waals surface area contributed by atoms with Crippen LogP contribution in [0.4, 0.5) is 5.69 Å². The third-order valence-electron chi connectivity index (χ3n) is 2.90. The van der Waals surface area contributed by atoms with E-state index in [1.54, 1.807) is 23.3 Å². The number of amides is 1. The maximum atomic E-state index is 12.2. The van der Waals surface area contributed by atoms with E-state index in [1.165, 1.54) is 0 Å². The Morgan fingerprint density at radius 1 is 1.20 bits per heavy atom. The Bertz CT molecular complexity index is 566. The highest BCUT2D eigenvalue weighted by molar-refractivity contribution is 7.09. The van der Waals surface area contributed by atoms with Crippen LogP contribution in [0.15, 0.2) is 35.7 Å². The molecule has 0 aliphatic heterocycles. The number of nitrogens with zero attached hydrogens (tertiary/aromatic N) is 3. The highest BCUT2D eigenvalue weighted by atomic mass is 32.1. The summed E-state index contributed by atoms with van der Waals surface area (Å²) in [6.45, 7) is 0.813. The highest BCUT2D eigenvalue weighted by Gasteiger charge is 2.13. The zero-order valence-corrected chi connectivity index (χ0v) is 12.9. The topological polar surface area (TPSA) is 36.4 Å². The van der Waals surface area contributed by atoms with Gasteiger partial charge in [0.25, 0.3) is 0 Å². The number of hydrogen-bond donors (Lipinski definition) is 0. The van der Waals surface area contributed by atoms with Crippen LogP contribution in [0.5, 0.6) is 0 Å². The number of para-hydroxylation sites is 1. The maximum Gasteiger partial charge on any atom is 0.232 e. The lowest BCUT2D eigenvalue weighted by Gasteiger charge is -2.16. The molecular formula is C15H19N3OS. The van der Waals surface area contributed by atoms with Gasteiger partial charge in [-0.15, -0.1) is 11.3 Å². The predicted octanol–water partition coefficient (Wildman–Crippen LogP) is 2.41. The number of thiazole rings is 1. The lowest BCUT2D eigenvalue weighted by molar-refractivity contribution is -0.117. The van der Waals surface area contributed by atoms with E-state index in [-0.39, 0.29) is 5.91 Å². The van der Waals surface area contributed by atoms with E-state index < -0.39 is 0 Å². The van der Waals surface area contributed by atoms with Gasteiger partial charge < -0.3 is 9.80 Å². The second-order valence-corrected chi connectivity index (χ2v) is 5.88. The van der Waals surface area contributed by atoms with Crippen molar-refractivity contribution in [3.8, 4) is 0 Å². The molecule has 2 aromatic rings. The Kier molecular flexibility index (Phi) is 4.87. The summed E-state index contributed by atoms with van der Waals surface area (Å²) in [5.41, 5.74) is 1.75. The van der Waals surface area contributed by atoms with E-state index in [2.05, 4.69) is 9.88 Å². The van der Waals surface area contributed by atoms with Gasteiger partial charge in [0.1, 0.15) is 5.01 Å². The number of likely N-dealkylation sites (N-methyl/N-ethyl adjacent to an activating group) is 1. The van der Waals surface area contributed by atoms with Crippen LogP contribution >= 0.6 is 11.3 Å². The fourth-order valence-corrected chi connectivity index (χ4v) is 2.75. The van der Waals surface area contributed by atoms with Crippen LogP contribution < -0.4 is 4.90 Å². The summed E-state index contributed by atoms with van der Waals surface area (Å²) in [4.78, 5) is 20.5. The number of carbonyl (C=O) groups is 1. The molecule has 4 nitrogen and oxygen atoms in total. The molecule has 5 heteroatoms. The third kappa shape index (κ3) is 3.88. The molecule has 0 saturated carbocycles. The summed E-state index contributed by atoms with van der Waals surface area (Å²) in [6, 6.07) is 9.65. The monoisotopic (exact) mass is 289 g/mol. The largest absolute Gasteiger partial charge is 0.315 e. The van der Waals surface area contributed by atoms with Gasteiger partial charge in [0.15, 0.2) is 0 Å². The number of carbonyl (C=O) groups excluding carboxylic acids is 1. The average Bonchev–Trinajstić information content (AvgIpc) is 2.85. The van der Waals surface area contributed by atoms with E-state index >= 15 is 0 Å². The second-order valence-electron chi connectivity index (χ2n) is 4.94. The SMILES string of the molecule is CN(C)Cc1nc(CC(=O)N(C)c2ccccc2)cs1. The highest BCUT2D eigenvalue weighted by Crippen LogP contribution is 2.15. The number of rotatable bonds is 5. The molecule has 0 saturated heterocycles. The van der Waals surface area contributed by atoms with Crippen molar-refractivity contribution in [1.29, 1.82) is 0 Å². The van der Waals surface area contributed by atoms with Gasteiger partial charge in [-0.3, -0.25) is 4.79 Å². The summed E-state index contributed by atoms with van der Waals surface area (Å²) >= 11 is 1.60. The normalized spacial score (nSPS) is 10.8. The first-order chi connectivity index (χ1) is 9.56. The zero-order chi connectivity index (χ0) is 14.5. The number of hydrogen-bond acceptors (Lipinski definition) is 4. The molecule has 106 valence electrons. The predicted molar refractivity (Wildman–Crippen MR) is 83.1 cm³/mol. The molecule has 2 rings (SSSR count).